The van der Waals surface area contributed by atoms with Gasteiger partial charge >= 0.3 is 17.9 Å². The van der Waals surface area contributed by atoms with Gasteiger partial charge in [-0.15, -0.1) is 0 Å². The molecule has 0 fully saturated rings. The molecule has 0 aromatic heterocycles. The predicted molar refractivity (Wildman–Crippen MR) is 176 cm³/mol. The largest absolute Gasteiger partial charge is 0.494 e. The number of unbranched alkanes of at least 4 members (excludes halogenated alkanes) is 7. The first-order chi connectivity index (χ1) is 21.8. The maximum absolute atomic E-state index is 12.4. The second-order valence-corrected chi connectivity index (χ2v) is 10.7. The van der Waals surface area contributed by atoms with E-state index in [1.807, 2.05) is 0 Å². The van der Waals surface area contributed by atoms with Crippen LogP contribution in [0.4, 0.5) is 11.4 Å². The average Bonchev–Trinajstić information content (AvgIpc) is 3.03. The summed E-state index contributed by atoms with van der Waals surface area (Å²) in [4.78, 5) is 36.6. The number of rotatable bonds is 19. The highest BCUT2D eigenvalue weighted by atomic mass is 16.5. The highest BCUT2D eigenvalue weighted by molar-refractivity contribution is 5.92. The van der Waals surface area contributed by atoms with Crippen molar-refractivity contribution >= 4 is 35.4 Å². The fourth-order valence-electron chi connectivity index (χ4n) is 4.39. The van der Waals surface area contributed by atoms with Gasteiger partial charge in [0.2, 0.25) is 0 Å². The number of hydrogen-bond acceptors (Lipinski definition) is 9. The first kappa shape index (κ1) is 34.7. The Morgan fingerprint density at radius 3 is 1.76 bits per heavy atom. The van der Waals surface area contributed by atoms with Crippen LogP contribution in [-0.4, -0.2) is 37.7 Å². The van der Waals surface area contributed by atoms with E-state index < -0.39 is 11.9 Å². The zero-order valence-corrected chi connectivity index (χ0v) is 26.0. The van der Waals surface area contributed by atoms with Gasteiger partial charge in [-0.2, -0.15) is 0 Å². The van der Waals surface area contributed by atoms with Crippen LogP contribution in [0, 0.1) is 0 Å². The lowest BCUT2D eigenvalue weighted by Crippen LogP contribution is -2.08. The zero-order valence-electron chi connectivity index (χ0n) is 26.0. The van der Waals surface area contributed by atoms with Crippen LogP contribution < -0.4 is 20.9 Å². The Labute approximate surface area is 265 Å². The molecule has 0 heterocycles. The van der Waals surface area contributed by atoms with E-state index >= 15 is 0 Å². The Morgan fingerprint density at radius 2 is 1.16 bits per heavy atom. The Bertz CT molecular complexity index is 1370. The molecule has 240 valence electrons. The molecular weight excluding hydrogens is 572 g/mol. The zero-order chi connectivity index (χ0) is 32.3. The van der Waals surface area contributed by atoms with Crippen molar-refractivity contribution in [3.8, 4) is 11.5 Å². The van der Waals surface area contributed by atoms with Crippen molar-refractivity contribution in [3.63, 3.8) is 0 Å². The van der Waals surface area contributed by atoms with E-state index in [2.05, 4.69) is 6.92 Å². The van der Waals surface area contributed by atoms with Crippen LogP contribution in [0.2, 0.25) is 0 Å². The molecule has 0 saturated heterocycles. The summed E-state index contributed by atoms with van der Waals surface area (Å²) in [5, 5.41) is 0. The van der Waals surface area contributed by atoms with Gasteiger partial charge in [-0.25, -0.2) is 14.4 Å². The molecule has 3 aromatic rings. The third kappa shape index (κ3) is 13.6. The number of benzene rings is 3. The lowest BCUT2D eigenvalue weighted by Gasteiger charge is -2.07. The first-order valence-electron chi connectivity index (χ1n) is 15.6. The van der Waals surface area contributed by atoms with Gasteiger partial charge < -0.3 is 30.4 Å². The second-order valence-electron chi connectivity index (χ2n) is 10.7. The van der Waals surface area contributed by atoms with Crippen molar-refractivity contribution in [3.05, 3.63) is 89.5 Å². The predicted octanol–water partition coefficient (Wildman–Crippen LogP) is 7.39. The number of ether oxygens (including phenoxy) is 4. The minimum Gasteiger partial charge on any atom is -0.494 e. The van der Waals surface area contributed by atoms with Gasteiger partial charge in [-0.1, -0.05) is 57.6 Å². The molecule has 0 amide bonds. The summed E-state index contributed by atoms with van der Waals surface area (Å²) in [5.41, 5.74) is 13.8. The lowest BCUT2D eigenvalue weighted by atomic mass is 10.1. The van der Waals surface area contributed by atoms with Gasteiger partial charge in [0.05, 0.1) is 30.9 Å². The van der Waals surface area contributed by atoms with E-state index in [0.717, 1.165) is 69.1 Å². The maximum Gasteiger partial charge on any atom is 0.338 e. The van der Waals surface area contributed by atoms with Crippen LogP contribution in [0.3, 0.4) is 0 Å². The number of nitrogens with two attached hydrogens (primary N) is 2. The molecule has 45 heavy (non-hydrogen) atoms. The van der Waals surface area contributed by atoms with Crippen LogP contribution in [0.1, 0.15) is 91.0 Å². The molecule has 4 N–H and O–H groups in total. The van der Waals surface area contributed by atoms with E-state index in [1.165, 1.54) is 6.08 Å². The van der Waals surface area contributed by atoms with Gasteiger partial charge in [0.1, 0.15) is 11.5 Å². The van der Waals surface area contributed by atoms with Crippen molar-refractivity contribution in [2.24, 2.45) is 0 Å². The van der Waals surface area contributed by atoms with Gasteiger partial charge in [-0.05, 0) is 85.5 Å². The van der Waals surface area contributed by atoms with Crippen molar-refractivity contribution < 1.29 is 33.3 Å². The van der Waals surface area contributed by atoms with Gasteiger partial charge in [0.15, 0.2) is 0 Å². The molecule has 0 bridgehead atoms. The monoisotopic (exact) mass is 616 g/mol. The van der Waals surface area contributed by atoms with E-state index in [1.54, 1.807) is 72.8 Å². The molecule has 0 saturated carbocycles. The Kier molecular flexibility index (Phi) is 15.0. The Morgan fingerprint density at radius 1 is 0.622 bits per heavy atom. The van der Waals surface area contributed by atoms with E-state index in [-0.39, 0.29) is 5.97 Å². The van der Waals surface area contributed by atoms with E-state index in [4.69, 9.17) is 30.4 Å². The summed E-state index contributed by atoms with van der Waals surface area (Å²) in [6.07, 6.45) is 11.7. The van der Waals surface area contributed by atoms with E-state index in [9.17, 15) is 14.4 Å². The lowest BCUT2D eigenvalue weighted by molar-refractivity contribution is -0.128. The third-order valence-corrected chi connectivity index (χ3v) is 6.84. The van der Waals surface area contributed by atoms with Crippen molar-refractivity contribution in [1.82, 2.24) is 0 Å². The highest BCUT2D eigenvalue weighted by Gasteiger charge is 2.09. The molecule has 3 aromatic carbocycles. The fraction of sp³-hybridized carbons (Fsp3) is 0.361. The van der Waals surface area contributed by atoms with Crippen molar-refractivity contribution in [2.75, 3.05) is 31.3 Å². The summed E-state index contributed by atoms with van der Waals surface area (Å²) in [7, 11) is 0. The molecule has 0 aliphatic rings. The number of esters is 3. The Balaban J connectivity index is 1.24. The number of nitrogen functional groups attached to an aromatic ring is 2. The number of anilines is 2. The Hall–Kier alpha value is -4.79. The van der Waals surface area contributed by atoms with Crippen molar-refractivity contribution in [2.45, 2.75) is 64.7 Å². The third-order valence-electron chi connectivity index (χ3n) is 6.84. The standard InChI is InChI=1S/C36H44N2O7/c1-2-3-8-21-42-32-16-18-33(19-17-32)45-34(39)20-13-27-11-14-28(15-12-27)35(40)43-22-9-6-4-5-7-10-23-44-36(41)29-24-30(37)26-31(38)25-29/h11-20,24-26H,2-10,21-23,37-38H2,1H3. The molecule has 0 spiro atoms. The molecule has 9 nitrogen and oxygen atoms in total. The first-order valence-corrected chi connectivity index (χ1v) is 15.6. The van der Waals surface area contributed by atoms with Crippen LogP contribution in [0.25, 0.3) is 6.08 Å². The molecular formula is C36H44N2O7. The highest BCUT2D eigenvalue weighted by Crippen LogP contribution is 2.19. The van der Waals surface area contributed by atoms with Crippen LogP contribution in [0.15, 0.2) is 72.8 Å². The van der Waals surface area contributed by atoms with Crippen LogP contribution in [-0.2, 0) is 14.3 Å². The summed E-state index contributed by atoms with van der Waals surface area (Å²) in [5.74, 6) is -0.135. The minimum absolute atomic E-state index is 0.341. The fourth-order valence-corrected chi connectivity index (χ4v) is 4.39. The van der Waals surface area contributed by atoms with Crippen LogP contribution in [0.5, 0.6) is 11.5 Å². The molecule has 9 heteroatoms. The van der Waals surface area contributed by atoms with Crippen LogP contribution >= 0.6 is 0 Å². The summed E-state index contributed by atoms with van der Waals surface area (Å²) in [6, 6.07) is 18.5. The van der Waals surface area contributed by atoms with Gasteiger partial charge in [-0.3, -0.25) is 0 Å². The molecule has 0 aliphatic carbocycles. The maximum atomic E-state index is 12.4. The smallest absolute Gasteiger partial charge is 0.338 e. The molecule has 3 rings (SSSR count). The van der Waals surface area contributed by atoms with Crippen molar-refractivity contribution in [1.29, 1.82) is 0 Å². The van der Waals surface area contributed by atoms with Gasteiger partial charge in [0, 0.05) is 17.5 Å². The SMILES string of the molecule is CCCCCOc1ccc(OC(=O)C=Cc2ccc(C(=O)OCCCCCCCCOC(=O)c3cc(N)cc(N)c3)cc2)cc1. The van der Waals surface area contributed by atoms with E-state index in [0.29, 0.717) is 48.1 Å². The average molecular weight is 617 g/mol. The minimum atomic E-state index is -0.501. The molecule has 0 atom stereocenters. The molecule has 0 aliphatic heterocycles. The summed E-state index contributed by atoms with van der Waals surface area (Å²) in [6.45, 7) is 3.50. The topological polar surface area (TPSA) is 140 Å². The number of carbonyl (C=O) groups excluding carboxylic acids is 3. The number of hydrogen-bond donors (Lipinski definition) is 2. The molecule has 0 unspecified atom stereocenters. The molecule has 0 radical (unpaired) electrons. The summed E-state index contributed by atoms with van der Waals surface area (Å²) < 4.78 is 21.7. The normalized spacial score (nSPS) is 10.9. The van der Waals surface area contributed by atoms with Gasteiger partial charge in [0.25, 0.3) is 0 Å². The number of carbonyl (C=O) groups is 3. The second kappa shape index (κ2) is 19.5. The quantitative estimate of drug-likeness (QED) is 0.0463. The summed E-state index contributed by atoms with van der Waals surface area (Å²) >= 11 is 0.